The van der Waals surface area contributed by atoms with Crippen LogP contribution in [0.5, 0.6) is 0 Å². The molecule has 0 amide bonds. The van der Waals surface area contributed by atoms with E-state index in [-0.39, 0.29) is 46.9 Å². The SMILES string of the molecule is CC(=O)OC1=C2[C@H](CC[C@H]3C[C@H](OC(C)=O)CC[C@]23C)[C@@H]2CC[C@H]([C@@H](C)OC(C)=O)[C@]2(C)C1. The first-order valence-corrected chi connectivity index (χ1v) is 12.7. The Hall–Kier alpha value is -1.85. The summed E-state index contributed by atoms with van der Waals surface area (Å²) in [5, 5.41) is 0. The maximum absolute atomic E-state index is 12.2. The lowest BCUT2D eigenvalue weighted by Crippen LogP contribution is -2.51. The number of esters is 3. The molecule has 4 aliphatic carbocycles. The van der Waals surface area contributed by atoms with Crippen molar-refractivity contribution in [2.24, 2.45) is 34.5 Å². The van der Waals surface area contributed by atoms with Gasteiger partial charge in [-0.2, -0.15) is 0 Å². The molecule has 0 unspecified atom stereocenters. The fourth-order valence-corrected chi connectivity index (χ4v) is 8.41. The molecule has 33 heavy (non-hydrogen) atoms. The predicted molar refractivity (Wildman–Crippen MR) is 123 cm³/mol. The zero-order valence-electron chi connectivity index (χ0n) is 21.1. The summed E-state index contributed by atoms with van der Waals surface area (Å²) in [7, 11) is 0. The number of fused-ring (bicyclic) bond motifs is 5. The summed E-state index contributed by atoms with van der Waals surface area (Å²) in [5.41, 5.74) is 1.26. The van der Waals surface area contributed by atoms with Gasteiger partial charge in [0.1, 0.15) is 18.0 Å². The van der Waals surface area contributed by atoms with Crippen LogP contribution in [0, 0.1) is 34.5 Å². The monoisotopic (exact) mass is 460 g/mol. The minimum atomic E-state index is -0.264. The Morgan fingerprint density at radius 1 is 0.939 bits per heavy atom. The third-order valence-corrected chi connectivity index (χ3v) is 9.57. The topological polar surface area (TPSA) is 78.9 Å². The molecule has 3 saturated carbocycles. The van der Waals surface area contributed by atoms with E-state index < -0.39 is 0 Å². The minimum Gasteiger partial charge on any atom is -0.463 e. The molecule has 4 rings (SSSR count). The number of allylic oxidation sites excluding steroid dienone is 2. The smallest absolute Gasteiger partial charge is 0.307 e. The Morgan fingerprint density at radius 3 is 2.30 bits per heavy atom. The first kappa shape index (κ1) is 24.3. The molecule has 0 aromatic rings. The summed E-state index contributed by atoms with van der Waals surface area (Å²) in [6, 6.07) is 0. The van der Waals surface area contributed by atoms with Gasteiger partial charge in [0, 0.05) is 33.1 Å². The van der Waals surface area contributed by atoms with E-state index in [0.29, 0.717) is 17.8 Å². The van der Waals surface area contributed by atoms with Crippen LogP contribution in [-0.4, -0.2) is 30.1 Å². The molecule has 0 aliphatic heterocycles. The highest BCUT2D eigenvalue weighted by Crippen LogP contribution is 2.67. The summed E-state index contributed by atoms with van der Waals surface area (Å²) in [5.74, 6) is 1.73. The van der Waals surface area contributed by atoms with Crippen molar-refractivity contribution in [3.63, 3.8) is 0 Å². The van der Waals surface area contributed by atoms with E-state index in [2.05, 4.69) is 13.8 Å². The van der Waals surface area contributed by atoms with Gasteiger partial charge in [-0.15, -0.1) is 0 Å². The molecule has 0 N–H and O–H groups in total. The van der Waals surface area contributed by atoms with Crippen molar-refractivity contribution in [1.82, 2.24) is 0 Å². The molecule has 0 saturated heterocycles. The molecule has 6 nitrogen and oxygen atoms in total. The van der Waals surface area contributed by atoms with E-state index in [9.17, 15) is 14.4 Å². The molecular formula is C27H40O6. The fourth-order valence-electron chi connectivity index (χ4n) is 8.41. The van der Waals surface area contributed by atoms with Gasteiger partial charge in [-0.1, -0.05) is 13.8 Å². The highest BCUT2D eigenvalue weighted by molar-refractivity contribution is 5.68. The largest absolute Gasteiger partial charge is 0.463 e. The Kier molecular flexibility index (Phi) is 6.43. The Bertz CT molecular complexity index is 861. The van der Waals surface area contributed by atoms with Crippen LogP contribution in [0.25, 0.3) is 0 Å². The highest BCUT2D eigenvalue weighted by atomic mass is 16.5. The zero-order valence-corrected chi connectivity index (χ0v) is 21.1. The van der Waals surface area contributed by atoms with Gasteiger partial charge >= 0.3 is 17.9 Å². The number of rotatable bonds is 4. The van der Waals surface area contributed by atoms with E-state index >= 15 is 0 Å². The number of carbonyl (C=O) groups excluding carboxylic acids is 3. The van der Waals surface area contributed by atoms with Crippen LogP contribution in [0.4, 0.5) is 0 Å². The molecule has 8 atom stereocenters. The van der Waals surface area contributed by atoms with Gasteiger partial charge in [0.2, 0.25) is 0 Å². The van der Waals surface area contributed by atoms with Crippen molar-refractivity contribution in [3.05, 3.63) is 11.3 Å². The third kappa shape index (κ3) is 4.23. The van der Waals surface area contributed by atoms with E-state index in [0.717, 1.165) is 57.1 Å². The molecule has 0 bridgehead atoms. The van der Waals surface area contributed by atoms with E-state index in [4.69, 9.17) is 14.2 Å². The van der Waals surface area contributed by atoms with Crippen LogP contribution in [0.3, 0.4) is 0 Å². The molecule has 0 aromatic heterocycles. The van der Waals surface area contributed by atoms with Crippen LogP contribution in [0.1, 0.15) is 92.9 Å². The molecule has 0 aromatic carbocycles. The summed E-state index contributed by atoms with van der Waals surface area (Å²) < 4.78 is 17.2. The van der Waals surface area contributed by atoms with Crippen LogP contribution < -0.4 is 0 Å². The maximum atomic E-state index is 12.2. The first-order valence-electron chi connectivity index (χ1n) is 12.7. The summed E-state index contributed by atoms with van der Waals surface area (Å²) >= 11 is 0. The average Bonchev–Trinajstić information content (AvgIpc) is 3.03. The standard InChI is InChI=1S/C27H40O6/c1-15(31-16(2)28)22-9-10-23-21-8-7-19-13-20(32-17(3)29)11-12-26(19,5)25(21)24(33-18(4)30)14-27(22,23)6/h15,19-23H,7-14H2,1-6H3/t15-,19+,20-,21-,22-,23+,26+,27+/m1/s1. The quantitative estimate of drug-likeness (QED) is 0.416. The second-order valence-electron chi connectivity index (χ2n) is 11.5. The lowest BCUT2D eigenvalue weighted by Gasteiger charge is -2.57. The van der Waals surface area contributed by atoms with E-state index in [1.165, 1.54) is 26.3 Å². The predicted octanol–water partition coefficient (Wildman–Crippen LogP) is 5.34. The van der Waals surface area contributed by atoms with E-state index in [1.807, 2.05) is 6.92 Å². The van der Waals surface area contributed by atoms with Gasteiger partial charge in [-0.25, -0.2) is 0 Å². The normalized spacial score (nSPS) is 40.7. The van der Waals surface area contributed by atoms with Crippen molar-refractivity contribution in [2.75, 3.05) is 0 Å². The molecule has 0 spiro atoms. The molecule has 184 valence electrons. The maximum Gasteiger partial charge on any atom is 0.307 e. The number of ether oxygens (including phenoxy) is 3. The highest BCUT2D eigenvalue weighted by Gasteiger charge is 2.61. The van der Waals surface area contributed by atoms with Crippen molar-refractivity contribution in [2.45, 2.75) is 105 Å². The first-order chi connectivity index (χ1) is 15.5. The Morgan fingerprint density at radius 2 is 1.67 bits per heavy atom. The van der Waals surface area contributed by atoms with Crippen LogP contribution >= 0.6 is 0 Å². The van der Waals surface area contributed by atoms with Crippen molar-refractivity contribution in [1.29, 1.82) is 0 Å². The molecule has 4 aliphatic rings. The Labute approximate surface area is 197 Å². The molecule has 0 heterocycles. The van der Waals surface area contributed by atoms with Crippen LogP contribution in [-0.2, 0) is 28.6 Å². The lowest BCUT2D eigenvalue weighted by molar-refractivity contribution is -0.154. The van der Waals surface area contributed by atoms with Gasteiger partial charge in [-0.05, 0) is 86.0 Å². The third-order valence-electron chi connectivity index (χ3n) is 9.57. The van der Waals surface area contributed by atoms with Crippen molar-refractivity contribution in [3.8, 4) is 0 Å². The molecule has 3 fully saturated rings. The second-order valence-corrected chi connectivity index (χ2v) is 11.5. The van der Waals surface area contributed by atoms with Crippen LogP contribution in [0.15, 0.2) is 11.3 Å². The molecule has 0 radical (unpaired) electrons. The summed E-state index contributed by atoms with van der Waals surface area (Å²) in [6.07, 6.45) is 7.56. The van der Waals surface area contributed by atoms with Gasteiger partial charge in [0.15, 0.2) is 0 Å². The summed E-state index contributed by atoms with van der Waals surface area (Å²) in [6.45, 7) is 11.1. The minimum absolute atomic E-state index is 0.0100. The zero-order chi connectivity index (χ0) is 24.1. The second kappa shape index (κ2) is 8.74. The van der Waals surface area contributed by atoms with Gasteiger partial charge in [0.05, 0.1) is 0 Å². The van der Waals surface area contributed by atoms with Gasteiger partial charge in [0.25, 0.3) is 0 Å². The molecule has 6 heteroatoms. The lowest BCUT2D eigenvalue weighted by atomic mass is 9.48. The summed E-state index contributed by atoms with van der Waals surface area (Å²) in [4.78, 5) is 35.4. The van der Waals surface area contributed by atoms with Crippen molar-refractivity contribution < 1.29 is 28.6 Å². The Balaban J connectivity index is 1.70. The van der Waals surface area contributed by atoms with Gasteiger partial charge in [-0.3, -0.25) is 14.4 Å². The van der Waals surface area contributed by atoms with E-state index in [1.54, 1.807) is 0 Å². The average molecular weight is 461 g/mol. The molecular weight excluding hydrogens is 420 g/mol. The number of hydrogen-bond donors (Lipinski definition) is 0. The number of hydrogen-bond acceptors (Lipinski definition) is 6. The fraction of sp³-hybridized carbons (Fsp3) is 0.815. The van der Waals surface area contributed by atoms with Gasteiger partial charge < -0.3 is 14.2 Å². The van der Waals surface area contributed by atoms with Crippen molar-refractivity contribution >= 4 is 17.9 Å². The number of carbonyl (C=O) groups is 3. The van der Waals surface area contributed by atoms with Crippen LogP contribution in [0.2, 0.25) is 0 Å².